The van der Waals surface area contributed by atoms with Crippen LogP contribution in [0.25, 0.3) is 0 Å². The Hall–Kier alpha value is -0.786. The number of benzene rings is 2. The molecule has 0 amide bonds. The van der Waals surface area contributed by atoms with Crippen molar-refractivity contribution in [2.45, 2.75) is 6.55 Å². The summed E-state index contributed by atoms with van der Waals surface area (Å²) in [5.74, 6) is 0. The van der Waals surface area contributed by atoms with Crippen LogP contribution in [0.3, 0.4) is 0 Å². The molecular formula is C13H13LiOSi. The smallest absolute Gasteiger partial charge is 0.852 e. The predicted octanol–water partition coefficient (Wildman–Crippen LogP) is -2.26. The molecule has 2 aromatic carbocycles. The molecule has 0 heterocycles. The molecule has 0 aliphatic rings. The zero-order valence-electron chi connectivity index (χ0n) is 9.68. The van der Waals surface area contributed by atoms with Gasteiger partial charge >= 0.3 is 18.9 Å². The predicted molar refractivity (Wildman–Crippen MR) is 63.8 cm³/mol. The first-order valence-corrected chi connectivity index (χ1v) is 7.43. The van der Waals surface area contributed by atoms with E-state index in [4.69, 9.17) is 0 Å². The first-order chi connectivity index (χ1) is 7.21. The van der Waals surface area contributed by atoms with E-state index in [0.717, 1.165) is 10.4 Å². The number of rotatable bonds is 2. The zero-order chi connectivity index (χ0) is 10.7. The summed E-state index contributed by atoms with van der Waals surface area (Å²) in [7, 11) is -2.71. The molecule has 0 unspecified atom stereocenters. The van der Waals surface area contributed by atoms with Crippen molar-refractivity contribution in [3.8, 4) is 0 Å². The van der Waals surface area contributed by atoms with Crippen molar-refractivity contribution in [2.75, 3.05) is 0 Å². The minimum absolute atomic E-state index is 0. The van der Waals surface area contributed by atoms with Crippen molar-refractivity contribution in [3.05, 3.63) is 60.7 Å². The summed E-state index contributed by atoms with van der Waals surface area (Å²) in [6.45, 7) is 1.84. The maximum atomic E-state index is 12.6. The van der Waals surface area contributed by atoms with Gasteiger partial charge in [-0.15, -0.1) is 0 Å². The van der Waals surface area contributed by atoms with E-state index in [9.17, 15) is 4.80 Å². The molecule has 2 aromatic rings. The number of hydrogen-bond acceptors (Lipinski definition) is 1. The SMILES string of the molecule is C[Si]([O-])(c1ccccc1)c1ccccc1.[Li+]. The van der Waals surface area contributed by atoms with E-state index in [2.05, 4.69) is 0 Å². The Morgan fingerprint density at radius 3 is 1.38 bits per heavy atom. The third-order valence-electron chi connectivity index (χ3n) is 2.65. The Balaban J connectivity index is 0.00000128. The van der Waals surface area contributed by atoms with Crippen LogP contribution in [0.2, 0.25) is 6.55 Å². The van der Waals surface area contributed by atoms with Gasteiger partial charge in [0.15, 0.2) is 0 Å². The van der Waals surface area contributed by atoms with E-state index >= 15 is 0 Å². The molecule has 76 valence electrons. The largest absolute Gasteiger partial charge is 1.00 e. The molecule has 16 heavy (non-hydrogen) atoms. The molecule has 0 spiro atoms. The maximum Gasteiger partial charge on any atom is 1.00 e. The summed E-state index contributed by atoms with van der Waals surface area (Å²) in [5.41, 5.74) is 0. The van der Waals surface area contributed by atoms with Crippen LogP contribution in [-0.2, 0) is 0 Å². The van der Waals surface area contributed by atoms with Gasteiger partial charge < -0.3 is 4.80 Å². The molecule has 2 rings (SSSR count). The van der Waals surface area contributed by atoms with Crippen molar-refractivity contribution in [1.82, 2.24) is 0 Å². The number of hydrogen-bond donors (Lipinski definition) is 0. The molecule has 0 fully saturated rings. The molecule has 0 aromatic heterocycles. The monoisotopic (exact) mass is 220 g/mol. The molecule has 0 saturated heterocycles. The second-order valence-electron chi connectivity index (χ2n) is 3.77. The average molecular weight is 220 g/mol. The van der Waals surface area contributed by atoms with Crippen molar-refractivity contribution in [3.63, 3.8) is 0 Å². The van der Waals surface area contributed by atoms with Crippen LogP contribution in [0.1, 0.15) is 0 Å². The standard InChI is InChI=1S/C13H13OSi.Li/c1-15(14,12-8-4-2-5-9-12)13-10-6-3-7-11-13;/h2-11H,1H3;/q-1;+1. The fraction of sp³-hybridized carbons (Fsp3) is 0.0769. The molecule has 0 aliphatic heterocycles. The van der Waals surface area contributed by atoms with Crippen LogP contribution < -0.4 is 34.0 Å². The quantitative estimate of drug-likeness (QED) is 0.524. The molecule has 0 saturated carbocycles. The summed E-state index contributed by atoms with van der Waals surface area (Å²) in [6, 6.07) is 19.4. The van der Waals surface area contributed by atoms with Crippen LogP contribution in [0.5, 0.6) is 0 Å². The first-order valence-electron chi connectivity index (χ1n) is 5.03. The van der Waals surface area contributed by atoms with Crippen LogP contribution in [0, 0.1) is 0 Å². The fourth-order valence-corrected chi connectivity index (χ4v) is 3.67. The topological polar surface area (TPSA) is 23.1 Å². The molecule has 3 heteroatoms. The van der Waals surface area contributed by atoms with Gasteiger partial charge in [0.2, 0.25) is 0 Å². The van der Waals surface area contributed by atoms with Gasteiger partial charge in [-0.25, -0.2) is 0 Å². The van der Waals surface area contributed by atoms with Crippen LogP contribution in [0.4, 0.5) is 0 Å². The Labute approximate surface area is 109 Å². The Kier molecular flexibility index (Phi) is 4.58. The summed E-state index contributed by atoms with van der Waals surface area (Å²) < 4.78 is 0. The molecule has 0 aliphatic carbocycles. The van der Waals surface area contributed by atoms with E-state index in [1.54, 1.807) is 0 Å². The van der Waals surface area contributed by atoms with Crippen molar-refractivity contribution in [2.24, 2.45) is 0 Å². The van der Waals surface area contributed by atoms with E-state index in [-0.39, 0.29) is 18.9 Å². The van der Waals surface area contributed by atoms with Gasteiger partial charge in [-0.2, -0.15) is 0 Å². The zero-order valence-corrected chi connectivity index (χ0v) is 10.7. The maximum absolute atomic E-state index is 12.6. The third-order valence-corrected chi connectivity index (χ3v) is 5.52. The Bertz CT molecular complexity index is 387. The average Bonchev–Trinajstić information content (AvgIpc) is 2.31. The third kappa shape index (κ3) is 2.66. The normalized spacial score (nSPS) is 10.6. The van der Waals surface area contributed by atoms with E-state index in [0.29, 0.717) is 0 Å². The molecular weight excluding hydrogens is 207 g/mol. The van der Waals surface area contributed by atoms with E-state index < -0.39 is 8.32 Å². The van der Waals surface area contributed by atoms with E-state index in [1.165, 1.54) is 0 Å². The summed E-state index contributed by atoms with van der Waals surface area (Å²) in [4.78, 5) is 12.6. The Morgan fingerprint density at radius 1 is 0.750 bits per heavy atom. The van der Waals surface area contributed by atoms with Gasteiger partial charge in [-0.1, -0.05) is 77.6 Å². The molecule has 0 radical (unpaired) electrons. The van der Waals surface area contributed by atoms with Gasteiger partial charge in [0.05, 0.1) is 0 Å². The van der Waals surface area contributed by atoms with Gasteiger partial charge in [-0.05, 0) is 0 Å². The summed E-state index contributed by atoms with van der Waals surface area (Å²) >= 11 is 0. The minimum atomic E-state index is -2.71. The molecule has 0 atom stereocenters. The fourth-order valence-electron chi connectivity index (χ4n) is 1.68. The summed E-state index contributed by atoms with van der Waals surface area (Å²) in [5, 5.41) is 1.88. The van der Waals surface area contributed by atoms with Gasteiger partial charge in [-0.3, -0.25) is 0 Å². The van der Waals surface area contributed by atoms with Gasteiger partial charge in [0.25, 0.3) is 0 Å². The van der Waals surface area contributed by atoms with Crippen LogP contribution >= 0.6 is 0 Å². The van der Waals surface area contributed by atoms with E-state index in [1.807, 2.05) is 67.2 Å². The van der Waals surface area contributed by atoms with Crippen LogP contribution in [-0.4, -0.2) is 8.32 Å². The minimum Gasteiger partial charge on any atom is -0.852 e. The first kappa shape index (κ1) is 13.3. The van der Waals surface area contributed by atoms with Crippen molar-refractivity contribution < 1.29 is 23.7 Å². The van der Waals surface area contributed by atoms with Crippen molar-refractivity contribution >= 4 is 18.7 Å². The van der Waals surface area contributed by atoms with Gasteiger partial charge in [0.1, 0.15) is 0 Å². The molecule has 0 N–H and O–H groups in total. The second-order valence-corrected chi connectivity index (χ2v) is 6.99. The van der Waals surface area contributed by atoms with Crippen LogP contribution in [0.15, 0.2) is 60.7 Å². The van der Waals surface area contributed by atoms with Gasteiger partial charge in [0, 0.05) is 8.32 Å². The summed E-state index contributed by atoms with van der Waals surface area (Å²) in [6.07, 6.45) is 0. The Morgan fingerprint density at radius 2 is 1.06 bits per heavy atom. The van der Waals surface area contributed by atoms with Crippen molar-refractivity contribution in [1.29, 1.82) is 0 Å². The molecule has 0 bridgehead atoms. The second kappa shape index (κ2) is 5.52. The molecule has 1 nitrogen and oxygen atoms in total.